The molecule has 176 valence electrons. The van der Waals surface area contributed by atoms with Crippen LogP contribution >= 0.6 is 0 Å². The van der Waals surface area contributed by atoms with Crippen LogP contribution in [0.25, 0.3) is 0 Å². The Balaban J connectivity index is 7.00. The first-order chi connectivity index (χ1) is 12.7. The molecular formula is C12H16F6N2O7S3. The summed E-state index contributed by atoms with van der Waals surface area (Å²) in [6.07, 6.45) is -0.0948. The molecule has 1 N–H and O–H groups in total. The molecule has 0 aliphatic carbocycles. The van der Waals surface area contributed by atoms with E-state index in [-0.39, 0.29) is 17.3 Å². The Labute approximate surface area is 168 Å². The fraction of sp³-hybridized carbons (Fsp3) is 0.833. The van der Waals surface area contributed by atoms with Gasteiger partial charge in [0.1, 0.15) is 0 Å². The third kappa shape index (κ3) is 4.16. The van der Waals surface area contributed by atoms with E-state index in [4.69, 9.17) is 5.26 Å². The van der Waals surface area contributed by atoms with Crippen molar-refractivity contribution in [1.29, 1.82) is 5.26 Å². The largest absolute Gasteiger partial charge is 0.429 e. The van der Waals surface area contributed by atoms with E-state index < -0.39 is 62.3 Å². The quantitative estimate of drug-likeness (QED) is 0.474. The minimum atomic E-state index is -7.33. The molecule has 1 unspecified atom stereocenters. The first-order valence-electron chi connectivity index (χ1n) is 7.24. The van der Waals surface area contributed by atoms with Crippen LogP contribution in [-0.4, -0.2) is 58.5 Å². The molecule has 18 heteroatoms. The molecule has 0 saturated carbocycles. The average Bonchev–Trinajstić information content (AvgIpc) is 2.49. The maximum atomic E-state index is 14.3. The fourth-order valence-electron chi connectivity index (χ4n) is 1.96. The van der Waals surface area contributed by atoms with Crippen LogP contribution in [0.4, 0.5) is 26.3 Å². The number of sulfonamides is 2. The first kappa shape index (κ1) is 28.5. The predicted octanol–water partition coefficient (Wildman–Crippen LogP) is 0.999. The summed E-state index contributed by atoms with van der Waals surface area (Å²) < 4.78 is 149. The van der Waals surface area contributed by atoms with Crippen LogP contribution in [0.1, 0.15) is 27.7 Å². The molecule has 0 fully saturated rings. The number of carbonyl (C=O) groups excluding carboxylic acids is 1. The Hall–Kier alpha value is -1.45. The highest BCUT2D eigenvalue weighted by Crippen LogP contribution is 2.53. The van der Waals surface area contributed by atoms with E-state index in [0.717, 1.165) is 20.8 Å². The van der Waals surface area contributed by atoms with Crippen LogP contribution in [-0.2, 0) is 34.7 Å². The number of nitrogens with zero attached hydrogens (tertiary/aromatic N) is 1. The third-order valence-corrected chi connectivity index (χ3v) is 8.84. The molecule has 0 amide bonds. The molecule has 0 aliphatic heterocycles. The molecule has 0 aromatic rings. The van der Waals surface area contributed by atoms with Crippen molar-refractivity contribution in [3.05, 3.63) is 0 Å². The molecular weight excluding hydrogens is 494 g/mol. The van der Waals surface area contributed by atoms with Crippen LogP contribution in [0.3, 0.4) is 0 Å². The van der Waals surface area contributed by atoms with Gasteiger partial charge in [0.2, 0.25) is 24.6 Å². The highest BCUT2D eigenvalue weighted by atomic mass is 32.3. The molecule has 0 aromatic heterocycles. The molecule has 0 spiro atoms. The van der Waals surface area contributed by atoms with Gasteiger partial charge >= 0.3 is 16.4 Å². The van der Waals surface area contributed by atoms with E-state index in [9.17, 15) is 56.4 Å². The minimum Gasteiger partial charge on any atom is -0.296 e. The molecule has 0 bridgehead atoms. The Bertz CT molecular complexity index is 1090. The average molecular weight is 510 g/mol. The lowest BCUT2D eigenvalue weighted by atomic mass is 9.84. The van der Waals surface area contributed by atoms with Crippen molar-refractivity contribution >= 4 is 35.7 Å². The van der Waals surface area contributed by atoms with Crippen LogP contribution < -0.4 is 4.13 Å². The van der Waals surface area contributed by atoms with Crippen molar-refractivity contribution in [2.45, 2.75) is 48.9 Å². The zero-order valence-corrected chi connectivity index (χ0v) is 18.2. The SMILES string of the molecule is CC(C)(C)C(=O)C(C)(C#N)S(=O)(=O)C(F)(F)C(F)(F)C(F)(F)S(=O)(=O)NS(C)(=O)=O. The van der Waals surface area contributed by atoms with Gasteiger partial charge < -0.3 is 0 Å². The molecule has 30 heavy (non-hydrogen) atoms. The zero-order chi connectivity index (χ0) is 25.0. The zero-order valence-electron chi connectivity index (χ0n) is 15.8. The number of rotatable bonds is 8. The van der Waals surface area contributed by atoms with E-state index >= 15 is 0 Å². The van der Waals surface area contributed by atoms with Gasteiger partial charge in [0.15, 0.2) is 5.78 Å². The van der Waals surface area contributed by atoms with Gasteiger partial charge in [-0.1, -0.05) is 20.8 Å². The lowest BCUT2D eigenvalue weighted by Gasteiger charge is -2.36. The van der Waals surface area contributed by atoms with Gasteiger partial charge in [-0.05, 0) is 6.92 Å². The Morgan fingerprint density at radius 2 is 1.20 bits per heavy atom. The lowest BCUT2D eigenvalue weighted by Crippen LogP contribution is -2.67. The van der Waals surface area contributed by atoms with Crippen LogP contribution in [0.2, 0.25) is 0 Å². The van der Waals surface area contributed by atoms with E-state index in [1.54, 1.807) is 0 Å². The van der Waals surface area contributed by atoms with Gasteiger partial charge in [-0.3, -0.25) is 4.79 Å². The number of sulfone groups is 1. The van der Waals surface area contributed by atoms with Crippen molar-refractivity contribution in [3.8, 4) is 6.07 Å². The second-order valence-electron chi connectivity index (χ2n) is 7.19. The van der Waals surface area contributed by atoms with Crippen LogP contribution in [0, 0.1) is 16.7 Å². The van der Waals surface area contributed by atoms with E-state index in [2.05, 4.69) is 0 Å². The molecule has 0 radical (unpaired) electrons. The lowest BCUT2D eigenvalue weighted by molar-refractivity contribution is -0.244. The van der Waals surface area contributed by atoms with Crippen molar-refractivity contribution in [3.63, 3.8) is 0 Å². The number of halogens is 6. The molecule has 0 aromatic carbocycles. The van der Waals surface area contributed by atoms with Crippen molar-refractivity contribution in [1.82, 2.24) is 4.13 Å². The van der Waals surface area contributed by atoms with Gasteiger partial charge in [0, 0.05) is 5.41 Å². The molecule has 1 atom stereocenters. The predicted molar refractivity (Wildman–Crippen MR) is 89.1 cm³/mol. The maximum Gasteiger partial charge on any atom is 0.429 e. The second-order valence-corrected chi connectivity index (χ2v) is 13.3. The number of nitriles is 1. The minimum absolute atomic E-state index is 0.0195. The number of hydrogen-bond donors (Lipinski definition) is 1. The van der Waals surface area contributed by atoms with Gasteiger partial charge in [-0.2, -0.15) is 31.6 Å². The molecule has 9 nitrogen and oxygen atoms in total. The maximum absolute atomic E-state index is 14.3. The van der Waals surface area contributed by atoms with Gasteiger partial charge in [0.05, 0.1) is 12.3 Å². The monoisotopic (exact) mass is 510 g/mol. The highest BCUT2D eigenvalue weighted by Gasteiger charge is 2.84. The van der Waals surface area contributed by atoms with Crippen molar-refractivity contribution in [2.24, 2.45) is 5.41 Å². The number of ketones is 1. The third-order valence-electron chi connectivity index (χ3n) is 3.53. The van der Waals surface area contributed by atoms with Crippen molar-refractivity contribution in [2.75, 3.05) is 6.26 Å². The van der Waals surface area contributed by atoms with Crippen LogP contribution in [0.5, 0.6) is 0 Å². The molecule has 0 aliphatic rings. The standard InChI is InChI=1S/C12H16F6N2O7S3/c1-8(2,3)7(21)9(4,6-19)29(24,25)11(15,16)10(13,14)12(17,18)30(26,27)20-28(5,22)23/h20H,1-5H3. The highest BCUT2D eigenvalue weighted by molar-refractivity contribution is 8.05. The van der Waals surface area contributed by atoms with Gasteiger partial charge in [-0.15, -0.1) is 4.13 Å². The summed E-state index contributed by atoms with van der Waals surface area (Å²) in [4.78, 5) is 12.2. The summed E-state index contributed by atoms with van der Waals surface area (Å²) in [5.41, 5.74) is -1.92. The second kappa shape index (κ2) is 7.31. The van der Waals surface area contributed by atoms with Gasteiger partial charge in [-0.25, -0.2) is 25.3 Å². The van der Waals surface area contributed by atoms with E-state index in [1.165, 1.54) is 0 Å². The first-order valence-corrected chi connectivity index (χ1v) is 12.1. The number of carbonyl (C=O) groups is 1. The molecule has 0 heterocycles. The fourth-order valence-corrected chi connectivity index (χ4v) is 6.16. The molecule has 0 rings (SSSR count). The molecule has 0 saturated heterocycles. The number of Topliss-reactive ketones (excluding diaryl/α,β-unsaturated/α-hetero) is 1. The number of alkyl halides is 6. The van der Waals surface area contributed by atoms with Crippen molar-refractivity contribution < 1.29 is 56.4 Å². The summed E-state index contributed by atoms with van der Waals surface area (Å²) in [7, 11) is -19.6. The topological polar surface area (TPSA) is 155 Å². The summed E-state index contributed by atoms with van der Waals surface area (Å²) in [5.74, 6) is -9.21. The smallest absolute Gasteiger partial charge is 0.296 e. The summed E-state index contributed by atoms with van der Waals surface area (Å²) in [6.45, 7) is 2.69. The van der Waals surface area contributed by atoms with Gasteiger partial charge in [0.25, 0.3) is 10.0 Å². The summed E-state index contributed by atoms with van der Waals surface area (Å²) >= 11 is 0. The number of nitrogens with one attached hydrogen (secondary N) is 1. The van der Waals surface area contributed by atoms with E-state index in [0.29, 0.717) is 6.07 Å². The normalized spacial score (nSPS) is 17.1. The Morgan fingerprint density at radius 3 is 1.47 bits per heavy atom. The Kier molecular flexibility index (Phi) is 6.95. The number of hydrogen-bond acceptors (Lipinski definition) is 8. The Morgan fingerprint density at radius 1 is 0.833 bits per heavy atom. The van der Waals surface area contributed by atoms with Crippen LogP contribution in [0.15, 0.2) is 0 Å². The summed E-state index contributed by atoms with van der Waals surface area (Å²) in [6, 6.07) is 0.575. The van der Waals surface area contributed by atoms with E-state index in [1.807, 2.05) is 0 Å². The summed E-state index contributed by atoms with van der Waals surface area (Å²) in [5, 5.41) is -5.08.